The van der Waals surface area contributed by atoms with Gasteiger partial charge in [0.1, 0.15) is 0 Å². The standard InChI is InChI=1S/C11H25NO.C11H25NS.2CH4/c2*1-8(2)11(12-9(3)4)7-13-10(5)6;;/h2*8-12H,7H2,1-6H3;2*1H4. The van der Waals surface area contributed by atoms with Crippen molar-refractivity contribution in [3.05, 3.63) is 0 Å². The molecule has 0 aromatic rings. The Morgan fingerprint density at radius 2 is 1.04 bits per heavy atom. The van der Waals surface area contributed by atoms with Crippen molar-refractivity contribution in [2.75, 3.05) is 12.4 Å². The molecule has 28 heavy (non-hydrogen) atoms. The second kappa shape index (κ2) is 20.5. The molecule has 0 aliphatic carbocycles. The minimum absolute atomic E-state index is 0. The molecule has 2 N–H and O–H groups in total. The van der Waals surface area contributed by atoms with Crippen LogP contribution in [0.15, 0.2) is 0 Å². The number of hydrogen-bond donors (Lipinski definition) is 2. The molecule has 2 atom stereocenters. The van der Waals surface area contributed by atoms with E-state index in [-0.39, 0.29) is 14.9 Å². The highest BCUT2D eigenvalue weighted by atomic mass is 32.2. The topological polar surface area (TPSA) is 33.3 Å². The van der Waals surface area contributed by atoms with Gasteiger partial charge in [0, 0.05) is 29.9 Å². The van der Waals surface area contributed by atoms with Gasteiger partial charge in [-0.15, -0.1) is 0 Å². The SMILES string of the molecule is C.C.CC(C)NC(COC(C)C)C(C)C.CC(C)NC(CSC(C)C)C(C)C. The van der Waals surface area contributed by atoms with Gasteiger partial charge in [-0.05, 0) is 30.9 Å². The third-order valence-corrected chi connectivity index (χ3v) is 5.14. The Hall–Kier alpha value is 0.230. The first-order valence-electron chi connectivity index (χ1n) is 10.6. The van der Waals surface area contributed by atoms with E-state index >= 15 is 0 Å². The molecule has 0 fully saturated rings. The lowest BCUT2D eigenvalue weighted by Gasteiger charge is -2.25. The minimum atomic E-state index is 0. The molecule has 2 unspecified atom stereocenters. The molecule has 176 valence electrons. The van der Waals surface area contributed by atoms with Gasteiger partial charge in [-0.3, -0.25) is 0 Å². The van der Waals surface area contributed by atoms with Crippen molar-refractivity contribution in [1.82, 2.24) is 10.6 Å². The van der Waals surface area contributed by atoms with Gasteiger partial charge in [-0.2, -0.15) is 11.8 Å². The average molecular weight is 423 g/mol. The Labute approximate surface area is 184 Å². The van der Waals surface area contributed by atoms with Gasteiger partial charge in [-0.25, -0.2) is 0 Å². The third-order valence-electron chi connectivity index (χ3n) is 3.92. The van der Waals surface area contributed by atoms with Crippen molar-refractivity contribution in [3.8, 4) is 0 Å². The Morgan fingerprint density at radius 1 is 0.643 bits per heavy atom. The third kappa shape index (κ3) is 24.3. The van der Waals surface area contributed by atoms with Gasteiger partial charge in [0.2, 0.25) is 0 Å². The summed E-state index contributed by atoms with van der Waals surface area (Å²) in [5.74, 6) is 2.59. The Balaban J connectivity index is -0.000000192. The van der Waals surface area contributed by atoms with E-state index in [4.69, 9.17) is 4.74 Å². The van der Waals surface area contributed by atoms with Crippen molar-refractivity contribution in [2.45, 2.75) is 133 Å². The molecule has 0 bridgehead atoms. The van der Waals surface area contributed by atoms with Crippen LogP contribution in [0.3, 0.4) is 0 Å². The largest absolute Gasteiger partial charge is 0.377 e. The van der Waals surface area contributed by atoms with Crippen LogP contribution in [0.25, 0.3) is 0 Å². The summed E-state index contributed by atoms with van der Waals surface area (Å²) in [6.07, 6.45) is 0.329. The number of ether oxygens (including phenoxy) is 1. The fourth-order valence-electron chi connectivity index (χ4n) is 2.31. The summed E-state index contributed by atoms with van der Waals surface area (Å²) in [7, 11) is 0. The monoisotopic (exact) mass is 422 g/mol. The number of nitrogens with one attached hydrogen (secondary N) is 2. The molecular formula is C24H58N2OS. The van der Waals surface area contributed by atoms with E-state index < -0.39 is 0 Å². The molecule has 0 aliphatic rings. The summed E-state index contributed by atoms with van der Waals surface area (Å²) >= 11 is 2.05. The molecule has 0 spiro atoms. The Morgan fingerprint density at radius 3 is 1.32 bits per heavy atom. The zero-order chi connectivity index (χ0) is 20.9. The fraction of sp³-hybridized carbons (Fsp3) is 1.00. The van der Waals surface area contributed by atoms with Gasteiger partial charge in [0.15, 0.2) is 0 Å². The molecule has 0 aliphatic heterocycles. The molecule has 0 saturated heterocycles. The smallest absolute Gasteiger partial charge is 0.0625 e. The van der Waals surface area contributed by atoms with Crippen LogP contribution in [-0.2, 0) is 4.74 Å². The molecule has 0 heterocycles. The molecule has 0 rings (SSSR count). The summed E-state index contributed by atoms with van der Waals surface area (Å²) in [4.78, 5) is 0. The van der Waals surface area contributed by atoms with E-state index in [9.17, 15) is 0 Å². The minimum Gasteiger partial charge on any atom is -0.377 e. The summed E-state index contributed by atoms with van der Waals surface area (Å²) < 4.78 is 5.60. The molecule has 0 aromatic heterocycles. The van der Waals surface area contributed by atoms with Crippen molar-refractivity contribution < 1.29 is 4.74 Å². The highest BCUT2D eigenvalue weighted by Gasteiger charge is 2.15. The quantitative estimate of drug-likeness (QED) is 0.360. The normalized spacial score (nSPS) is 13.5. The van der Waals surface area contributed by atoms with E-state index in [2.05, 4.69) is 93.7 Å². The number of thioether (sulfide) groups is 1. The Kier molecular flexibility index (Phi) is 26.1. The van der Waals surface area contributed by atoms with Crippen molar-refractivity contribution in [1.29, 1.82) is 0 Å². The van der Waals surface area contributed by atoms with Gasteiger partial charge < -0.3 is 15.4 Å². The molecule has 4 heteroatoms. The van der Waals surface area contributed by atoms with Crippen molar-refractivity contribution in [3.63, 3.8) is 0 Å². The van der Waals surface area contributed by atoms with E-state index in [0.717, 1.165) is 17.8 Å². The summed E-state index contributed by atoms with van der Waals surface area (Å²) in [5.41, 5.74) is 0. The van der Waals surface area contributed by atoms with Crippen molar-refractivity contribution >= 4 is 11.8 Å². The van der Waals surface area contributed by atoms with E-state index in [1.54, 1.807) is 0 Å². The maximum atomic E-state index is 5.60. The van der Waals surface area contributed by atoms with Gasteiger partial charge in [0.25, 0.3) is 0 Å². The summed E-state index contributed by atoms with van der Waals surface area (Å²) in [6, 6.07) is 2.26. The second-order valence-corrected chi connectivity index (χ2v) is 10.7. The predicted octanol–water partition coefficient (Wildman–Crippen LogP) is 6.86. The van der Waals surface area contributed by atoms with Crippen LogP contribution in [0.1, 0.15) is 97.9 Å². The second-order valence-electron chi connectivity index (χ2n) is 9.11. The van der Waals surface area contributed by atoms with E-state index in [1.807, 2.05) is 11.8 Å². The molecular weight excluding hydrogens is 364 g/mol. The van der Waals surface area contributed by atoms with Gasteiger partial charge in [-0.1, -0.05) is 84.1 Å². The number of rotatable bonds is 12. The molecule has 0 saturated carbocycles. The molecule has 0 radical (unpaired) electrons. The molecule has 0 amide bonds. The van der Waals surface area contributed by atoms with Crippen molar-refractivity contribution in [2.24, 2.45) is 11.8 Å². The average Bonchev–Trinajstić information content (AvgIpc) is 2.46. The van der Waals surface area contributed by atoms with Crippen LogP contribution in [-0.4, -0.2) is 47.9 Å². The van der Waals surface area contributed by atoms with Crippen LogP contribution in [0.4, 0.5) is 0 Å². The van der Waals surface area contributed by atoms with Crippen LogP contribution in [0.5, 0.6) is 0 Å². The predicted molar refractivity (Wildman–Crippen MR) is 136 cm³/mol. The highest BCUT2D eigenvalue weighted by Crippen LogP contribution is 2.15. The van der Waals surface area contributed by atoms with E-state index in [1.165, 1.54) is 5.75 Å². The lowest BCUT2D eigenvalue weighted by Crippen LogP contribution is -2.42. The zero-order valence-corrected chi connectivity index (χ0v) is 20.7. The Bertz CT molecular complexity index is 275. The van der Waals surface area contributed by atoms with Gasteiger partial charge in [0.05, 0.1) is 12.7 Å². The maximum Gasteiger partial charge on any atom is 0.0625 e. The van der Waals surface area contributed by atoms with Crippen LogP contribution >= 0.6 is 11.8 Å². The first kappa shape index (κ1) is 35.7. The maximum absolute atomic E-state index is 5.60. The highest BCUT2D eigenvalue weighted by molar-refractivity contribution is 7.99. The van der Waals surface area contributed by atoms with E-state index in [0.29, 0.717) is 36.2 Å². The zero-order valence-electron chi connectivity index (χ0n) is 19.8. The summed E-state index contributed by atoms with van der Waals surface area (Å²) in [6.45, 7) is 27.3. The molecule has 0 aromatic carbocycles. The fourth-order valence-corrected chi connectivity index (χ4v) is 3.39. The van der Waals surface area contributed by atoms with Crippen LogP contribution < -0.4 is 10.6 Å². The molecule has 3 nitrogen and oxygen atoms in total. The van der Waals surface area contributed by atoms with Crippen LogP contribution in [0, 0.1) is 11.8 Å². The first-order valence-corrected chi connectivity index (χ1v) is 11.7. The lowest BCUT2D eigenvalue weighted by atomic mass is 10.0. The van der Waals surface area contributed by atoms with Crippen LogP contribution in [0.2, 0.25) is 0 Å². The lowest BCUT2D eigenvalue weighted by molar-refractivity contribution is 0.0498. The first-order chi connectivity index (χ1) is 11.9. The summed E-state index contributed by atoms with van der Waals surface area (Å²) in [5, 5.41) is 7.87. The number of hydrogen-bond acceptors (Lipinski definition) is 4. The van der Waals surface area contributed by atoms with Gasteiger partial charge >= 0.3 is 0 Å².